The van der Waals surface area contributed by atoms with Crippen LogP contribution in [0.1, 0.15) is 23.0 Å². The summed E-state index contributed by atoms with van der Waals surface area (Å²) in [5.41, 5.74) is 0.0781. The van der Waals surface area contributed by atoms with Crippen molar-refractivity contribution in [2.75, 3.05) is 6.61 Å². The zero-order valence-electron chi connectivity index (χ0n) is 10.8. The third kappa shape index (κ3) is 3.17. The average Bonchev–Trinajstić information content (AvgIpc) is 2.92. The van der Waals surface area contributed by atoms with Crippen LogP contribution in [0, 0.1) is 10.1 Å². The molecule has 8 heteroatoms. The number of hydrogen-bond donors (Lipinski definition) is 0. The van der Waals surface area contributed by atoms with Gasteiger partial charge in [-0.25, -0.2) is 0 Å². The number of ketones is 1. The maximum absolute atomic E-state index is 12.2. The molecule has 0 saturated heterocycles. The predicted octanol–water partition coefficient (Wildman–Crippen LogP) is 4.12. The minimum atomic E-state index is -0.733. The number of halogens is 2. The van der Waals surface area contributed by atoms with Gasteiger partial charge in [-0.2, -0.15) is 0 Å². The van der Waals surface area contributed by atoms with Gasteiger partial charge in [0.1, 0.15) is 10.7 Å². The highest BCUT2D eigenvalue weighted by Crippen LogP contribution is 2.33. The van der Waals surface area contributed by atoms with Crippen molar-refractivity contribution >= 4 is 34.9 Å². The van der Waals surface area contributed by atoms with E-state index in [0.717, 1.165) is 6.07 Å². The van der Waals surface area contributed by atoms with Gasteiger partial charge in [0.25, 0.3) is 0 Å². The second-order valence-electron chi connectivity index (χ2n) is 3.92. The summed E-state index contributed by atoms with van der Waals surface area (Å²) in [4.78, 5) is 22.0. The highest BCUT2D eigenvalue weighted by Gasteiger charge is 2.22. The summed E-state index contributed by atoms with van der Waals surface area (Å²) in [6.07, 6.45) is 0. The summed E-state index contributed by atoms with van der Waals surface area (Å²) in [7, 11) is 0. The van der Waals surface area contributed by atoms with Gasteiger partial charge >= 0.3 is 5.88 Å². The topological polar surface area (TPSA) is 82.6 Å². The zero-order valence-corrected chi connectivity index (χ0v) is 12.3. The monoisotopic (exact) mass is 329 g/mol. The van der Waals surface area contributed by atoms with E-state index in [4.69, 9.17) is 32.4 Å². The van der Waals surface area contributed by atoms with E-state index >= 15 is 0 Å². The smallest absolute Gasteiger partial charge is 0.433 e. The second-order valence-corrected chi connectivity index (χ2v) is 4.73. The lowest BCUT2D eigenvalue weighted by molar-refractivity contribution is -0.402. The fourth-order valence-electron chi connectivity index (χ4n) is 1.65. The lowest BCUT2D eigenvalue weighted by Crippen LogP contribution is -2.02. The predicted molar refractivity (Wildman–Crippen MR) is 76.4 cm³/mol. The first-order valence-corrected chi connectivity index (χ1v) is 6.60. The summed E-state index contributed by atoms with van der Waals surface area (Å²) >= 11 is 12.0. The molecular formula is C13H9Cl2NO5. The zero-order chi connectivity index (χ0) is 15.6. The van der Waals surface area contributed by atoms with E-state index in [1.807, 2.05) is 0 Å². The van der Waals surface area contributed by atoms with Crippen LogP contribution in [0.2, 0.25) is 10.0 Å². The van der Waals surface area contributed by atoms with Gasteiger partial charge < -0.3 is 9.15 Å². The molecule has 0 unspecified atom stereocenters. The maximum Gasteiger partial charge on any atom is 0.433 e. The van der Waals surface area contributed by atoms with Gasteiger partial charge in [-0.1, -0.05) is 23.2 Å². The van der Waals surface area contributed by atoms with Gasteiger partial charge in [0.15, 0.2) is 5.76 Å². The van der Waals surface area contributed by atoms with Gasteiger partial charge in [-0.3, -0.25) is 14.9 Å². The van der Waals surface area contributed by atoms with Crippen molar-refractivity contribution in [1.82, 2.24) is 0 Å². The van der Waals surface area contributed by atoms with Crippen molar-refractivity contribution in [1.29, 1.82) is 0 Å². The third-order valence-corrected chi connectivity index (χ3v) is 3.17. The average molecular weight is 330 g/mol. The number of carbonyl (C=O) groups is 1. The standard InChI is InChI=1S/C13H9Cl2NO5/c1-2-20-11-6-8(14)7(5-9(11)15)13(17)10-3-4-12(21-10)16(18)19/h3-6H,2H2,1H3. The number of nitrogens with zero attached hydrogens (tertiary/aromatic N) is 1. The largest absolute Gasteiger partial charge is 0.492 e. The molecule has 1 aromatic heterocycles. The molecule has 0 spiro atoms. The Morgan fingerprint density at radius 3 is 2.62 bits per heavy atom. The maximum atomic E-state index is 12.2. The van der Waals surface area contributed by atoms with Crippen molar-refractivity contribution in [3.63, 3.8) is 0 Å². The first kappa shape index (κ1) is 15.3. The first-order chi connectivity index (χ1) is 9.93. The number of benzene rings is 1. The van der Waals surface area contributed by atoms with Crippen LogP contribution in [-0.2, 0) is 0 Å². The Morgan fingerprint density at radius 1 is 1.33 bits per heavy atom. The van der Waals surface area contributed by atoms with Gasteiger partial charge in [-0.05, 0) is 19.1 Å². The van der Waals surface area contributed by atoms with Crippen LogP contribution in [0.25, 0.3) is 0 Å². The molecule has 6 nitrogen and oxygen atoms in total. The summed E-state index contributed by atoms with van der Waals surface area (Å²) in [5, 5.41) is 10.9. The Bertz CT molecular complexity index is 711. The van der Waals surface area contributed by atoms with Gasteiger partial charge in [0.2, 0.25) is 5.78 Å². The normalized spacial score (nSPS) is 10.4. The number of ether oxygens (including phenoxy) is 1. The van der Waals surface area contributed by atoms with E-state index in [1.54, 1.807) is 6.92 Å². The quantitative estimate of drug-likeness (QED) is 0.468. The molecule has 1 heterocycles. The molecular weight excluding hydrogens is 321 g/mol. The summed E-state index contributed by atoms with van der Waals surface area (Å²) in [6, 6.07) is 5.06. The Kier molecular flexibility index (Phi) is 4.50. The molecule has 0 radical (unpaired) electrons. The summed E-state index contributed by atoms with van der Waals surface area (Å²) in [6.45, 7) is 2.18. The Hall–Kier alpha value is -2.05. The number of furan rings is 1. The molecule has 0 atom stereocenters. The number of rotatable bonds is 5. The van der Waals surface area contributed by atoms with Crippen molar-refractivity contribution in [2.24, 2.45) is 0 Å². The van der Waals surface area contributed by atoms with E-state index in [2.05, 4.69) is 0 Å². The minimum Gasteiger partial charge on any atom is -0.492 e. The third-order valence-electron chi connectivity index (χ3n) is 2.56. The highest BCUT2D eigenvalue weighted by atomic mass is 35.5. The van der Waals surface area contributed by atoms with Crippen molar-refractivity contribution in [2.45, 2.75) is 6.92 Å². The van der Waals surface area contributed by atoms with Crippen molar-refractivity contribution < 1.29 is 18.9 Å². The molecule has 2 rings (SSSR count). The fourth-order valence-corrected chi connectivity index (χ4v) is 2.11. The molecule has 0 amide bonds. The number of nitro groups is 1. The van der Waals surface area contributed by atoms with Crippen LogP contribution >= 0.6 is 23.2 Å². The Balaban J connectivity index is 2.38. The minimum absolute atomic E-state index is 0.0781. The fraction of sp³-hybridized carbons (Fsp3) is 0.154. The molecule has 1 aromatic carbocycles. The molecule has 2 aromatic rings. The molecule has 0 fully saturated rings. The van der Waals surface area contributed by atoms with Crippen LogP contribution in [0.3, 0.4) is 0 Å². The SMILES string of the molecule is CCOc1cc(Cl)c(C(=O)c2ccc([N+](=O)[O-])o2)cc1Cl. The van der Waals surface area contributed by atoms with E-state index in [0.29, 0.717) is 12.4 Å². The van der Waals surface area contributed by atoms with Crippen LogP contribution in [0.4, 0.5) is 5.88 Å². The highest BCUT2D eigenvalue weighted by molar-refractivity contribution is 6.37. The summed E-state index contributed by atoms with van der Waals surface area (Å²) < 4.78 is 10.1. The van der Waals surface area contributed by atoms with Crippen molar-refractivity contribution in [3.8, 4) is 5.75 Å². The molecule has 0 aliphatic rings. The Morgan fingerprint density at radius 2 is 2.05 bits per heavy atom. The number of carbonyl (C=O) groups excluding carboxylic acids is 1. The lowest BCUT2D eigenvalue weighted by Gasteiger charge is -2.08. The summed E-state index contributed by atoms with van der Waals surface area (Å²) in [5.74, 6) is -0.959. The van der Waals surface area contributed by atoms with E-state index < -0.39 is 16.6 Å². The molecule has 21 heavy (non-hydrogen) atoms. The molecule has 0 N–H and O–H groups in total. The van der Waals surface area contributed by atoms with E-state index in [9.17, 15) is 14.9 Å². The van der Waals surface area contributed by atoms with Gasteiger partial charge in [0.05, 0.1) is 22.7 Å². The van der Waals surface area contributed by atoms with Crippen LogP contribution < -0.4 is 4.74 Å². The number of hydrogen-bond acceptors (Lipinski definition) is 5. The van der Waals surface area contributed by atoms with Crippen molar-refractivity contribution in [3.05, 3.63) is 55.7 Å². The Labute approximate surface area is 129 Å². The molecule has 0 bridgehead atoms. The molecule has 0 saturated carbocycles. The van der Waals surface area contributed by atoms with Crippen LogP contribution in [0.5, 0.6) is 5.75 Å². The second kappa shape index (κ2) is 6.15. The molecule has 0 aliphatic heterocycles. The van der Waals surface area contributed by atoms with Gasteiger partial charge in [0, 0.05) is 11.6 Å². The molecule has 110 valence electrons. The van der Waals surface area contributed by atoms with Crippen LogP contribution in [-0.4, -0.2) is 17.3 Å². The van der Waals surface area contributed by atoms with E-state index in [-0.39, 0.29) is 21.4 Å². The van der Waals surface area contributed by atoms with E-state index in [1.165, 1.54) is 18.2 Å². The van der Waals surface area contributed by atoms with Gasteiger partial charge in [-0.15, -0.1) is 0 Å². The lowest BCUT2D eigenvalue weighted by atomic mass is 10.1. The molecule has 0 aliphatic carbocycles. The van der Waals surface area contributed by atoms with Crippen LogP contribution in [0.15, 0.2) is 28.7 Å². The first-order valence-electron chi connectivity index (χ1n) is 5.84.